The van der Waals surface area contributed by atoms with Gasteiger partial charge >= 0.3 is 0 Å². The Labute approximate surface area is 352 Å². The number of benzene rings is 3. The number of ketones is 2. The van der Waals surface area contributed by atoms with E-state index in [0.717, 1.165) is 86.3 Å². The molecule has 8 heteroatoms. The number of nitrogens with one attached hydrogen (secondary N) is 2. The first kappa shape index (κ1) is 43.8. The molecular formula is C51H66N4O4. The number of allylic oxidation sites excluding steroid dienone is 1. The molecule has 6 rings (SSSR count). The lowest BCUT2D eigenvalue weighted by atomic mass is 9.69. The highest BCUT2D eigenvalue weighted by Gasteiger charge is 2.38. The van der Waals surface area contributed by atoms with Gasteiger partial charge in [-0.1, -0.05) is 73.5 Å². The largest absolute Gasteiger partial charge is 0.504 e. The van der Waals surface area contributed by atoms with Crippen LogP contribution in [0.1, 0.15) is 110 Å². The lowest BCUT2D eigenvalue weighted by molar-refractivity contribution is -0.124. The zero-order valence-electron chi connectivity index (χ0n) is 35.4. The number of methoxy groups -OCH3 is 1. The molecule has 8 nitrogen and oxygen atoms in total. The van der Waals surface area contributed by atoms with Crippen molar-refractivity contribution in [3.8, 4) is 11.5 Å². The molecule has 1 aromatic heterocycles. The number of ether oxygens (including phenoxy) is 1. The number of aryl methyl sites for hydroxylation is 4. The normalized spacial score (nSPS) is 16.0. The van der Waals surface area contributed by atoms with Gasteiger partial charge in [0.1, 0.15) is 11.6 Å². The average molecular weight is 799 g/mol. The Bertz CT molecular complexity index is 2000. The number of nitrogens with two attached hydrogens (primary N) is 1. The second kappa shape index (κ2) is 22.0. The predicted octanol–water partition coefficient (Wildman–Crippen LogP) is 9.04. The second-order valence-electron chi connectivity index (χ2n) is 17.3. The van der Waals surface area contributed by atoms with E-state index in [1.54, 1.807) is 18.2 Å². The lowest BCUT2D eigenvalue weighted by Crippen LogP contribution is -2.37. The quantitative estimate of drug-likeness (QED) is 0.0459. The van der Waals surface area contributed by atoms with Crippen molar-refractivity contribution in [1.82, 2.24) is 15.6 Å². The van der Waals surface area contributed by atoms with Crippen molar-refractivity contribution < 1.29 is 19.4 Å². The van der Waals surface area contributed by atoms with Gasteiger partial charge in [0, 0.05) is 12.6 Å². The number of carbonyl (C=O) groups is 2. The van der Waals surface area contributed by atoms with Crippen molar-refractivity contribution in [2.45, 2.75) is 103 Å². The van der Waals surface area contributed by atoms with Gasteiger partial charge in [0.25, 0.3) is 0 Å². The van der Waals surface area contributed by atoms with Crippen LogP contribution in [-0.4, -0.2) is 55.4 Å². The molecular weight excluding hydrogens is 733 g/mol. The first-order valence-corrected chi connectivity index (χ1v) is 22.1. The second-order valence-corrected chi connectivity index (χ2v) is 17.3. The minimum Gasteiger partial charge on any atom is -0.504 e. The summed E-state index contributed by atoms with van der Waals surface area (Å²) in [7, 11) is 3.58. The molecule has 2 aliphatic rings. The van der Waals surface area contributed by atoms with Crippen molar-refractivity contribution in [2.75, 3.05) is 39.5 Å². The van der Waals surface area contributed by atoms with E-state index in [1.165, 1.54) is 74.8 Å². The summed E-state index contributed by atoms with van der Waals surface area (Å²) < 4.78 is 5.45. The molecule has 1 saturated heterocycles. The van der Waals surface area contributed by atoms with Gasteiger partial charge in [-0.05, 0) is 184 Å². The predicted molar refractivity (Wildman–Crippen MR) is 240 cm³/mol. The summed E-state index contributed by atoms with van der Waals surface area (Å²) in [6, 6.07) is 24.7. The fraction of sp³-hybridized carbons (Fsp3) is 0.471. The summed E-state index contributed by atoms with van der Waals surface area (Å²) in [5.41, 5.74) is 14.1. The molecule has 0 radical (unpaired) electrons. The van der Waals surface area contributed by atoms with Gasteiger partial charge in [0.15, 0.2) is 17.3 Å². The first-order valence-electron chi connectivity index (χ1n) is 22.1. The number of pyridine rings is 1. The van der Waals surface area contributed by atoms with Crippen molar-refractivity contribution in [3.63, 3.8) is 0 Å². The summed E-state index contributed by atoms with van der Waals surface area (Å²) in [5, 5.41) is 17.8. The van der Waals surface area contributed by atoms with E-state index in [0.29, 0.717) is 35.7 Å². The SMILES string of the molecule is CNC[C@H](CC1(CCCC(=O)CC(=O)/C=C/c2cc(OC)c(O)cc2Cc2cnc(N)cc2CCc2cccc(CCc3ccccc3)c2)CCCC1)C1CCNCC1. The van der Waals surface area contributed by atoms with Crippen LogP contribution in [0.3, 0.4) is 0 Å². The molecule has 0 bridgehead atoms. The molecule has 2 fully saturated rings. The van der Waals surface area contributed by atoms with Crippen LogP contribution in [0, 0.1) is 17.3 Å². The summed E-state index contributed by atoms with van der Waals surface area (Å²) in [6.07, 6.45) is 20.2. The van der Waals surface area contributed by atoms with Crippen molar-refractivity contribution in [2.24, 2.45) is 17.3 Å². The Kier molecular flexibility index (Phi) is 16.3. The van der Waals surface area contributed by atoms with E-state index >= 15 is 0 Å². The highest BCUT2D eigenvalue weighted by atomic mass is 16.5. The minimum atomic E-state index is -0.218. The van der Waals surface area contributed by atoms with Gasteiger partial charge in [0.2, 0.25) is 0 Å². The van der Waals surface area contributed by atoms with Gasteiger partial charge < -0.3 is 26.2 Å². The smallest absolute Gasteiger partial charge is 0.163 e. The minimum absolute atomic E-state index is 0.000702. The zero-order chi connectivity index (χ0) is 41.5. The number of aromatic hydroxyl groups is 1. The summed E-state index contributed by atoms with van der Waals surface area (Å²) >= 11 is 0. The maximum absolute atomic E-state index is 13.2. The van der Waals surface area contributed by atoms with Crippen LogP contribution in [-0.2, 0) is 41.7 Å². The molecule has 4 aromatic rings. The van der Waals surface area contributed by atoms with Gasteiger partial charge in [-0.15, -0.1) is 0 Å². The van der Waals surface area contributed by atoms with Crippen LogP contribution in [0.25, 0.3) is 6.08 Å². The van der Waals surface area contributed by atoms with E-state index in [4.69, 9.17) is 10.5 Å². The zero-order valence-corrected chi connectivity index (χ0v) is 35.4. The number of carbonyl (C=O) groups excluding carboxylic acids is 2. The topological polar surface area (TPSA) is 127 Å². The number of anilines is 1. The third-order valence-corrected chi connectivity index (χ3v) is 13.0. The Morgan fingerprint density at radius 3 is 2.37 bits per heavy atom. The number of hydrogen-bond donors (Lipinski definition) is 4. The number of hydrogen-bond acceptors (Lipinski definition) is 8. The number of phenolic OH excluding ortho intramolecular Hbond substituents is 1. The Morgan fingerprint density at radius 2 is 1.64 bits per heavy atom. The summed E-state index contributed by atoms with van der Waals surface area (Å²) in [6.45, 7) is 3.29. The molecule has 0 amide bonds. The van der Waals surface area contributed by atoms with Crippen molar-refractivity contribution >= 4 is 23.5 Å². The van der Waals surface area contributed by atoms with Crippen LogP contribution < -0.4 is 21.1 Å². The molecule has 59 heavy (non-hydrogen) atoms. The molecule has 5 N–H and O–H groups in total. The van der Waals surface area contributed by atoms with Gasteiger partial charge in [-0.25, -0.2) is 4.98 Å². The fourth-order valence-electron chi connectivity index (χ4n) is 9.80. The van der Waals surface area contributed by atoms with E-state index in [-0.39, 0.29) is 23.7 Å². The molecule has 0 spiro atoms. The van der Waals surface area contributed by atoms with E-state index < -0.39 is 0 Å². The molecule has 1 saturated carbocycles. The Hall–Kier alpha value is -4.79. The Morgan fingerprint density at radius 1 is 0.932 bits per heavy atom. The van der Waals surface area contributed by atoms with Crippen LogP contribution in [0.5, 0.6) is 11.5 Å². The molecule has 3 aromatic carbocycles. The number of nitrogen functional groups attached to an aromatic ring is 1. The third-order valence-electron chi connectivity index (χ3n) is 13.0. The van der Waals surface area contributed by atoms with Gasteiger partial charge in [-0.3, -0.25) is 9.59 Å². The van der Waals surface area contributed by atoms with E-state index in [2.05, 4.69) is 71.2 Å². The monoisotopic (exact) mass is 799 g/mol. The molecule has 1 atom stereocenters. The molecule has 0 unspecified atom stereocenters. The maximum Gasteiger partial charge on any atom is 0.163 e. The number of nitrogens with zero attached hydrogens (tertiary/aromatic N) is 1. The van der Waals surface area contributed by atoms with Gasteiger partial charge in [0.05, 0.1) is 13.5 Å². The molecule has 314 valence electrons. The highest BCUT2D eigenvalue weighted by Crippen LogP contribution is 2.48. The third kappa shape index (κ3) is 13.1. The van der Waals surface area contributed by atoms with Crippen LogP contribution in [0.2, 0.25) is 0 Å². The summed E-state index contributed by atoms with van der Waals surface area (Å²) in [5.74, 6) is 2.01. The molecule has 1 aliphatic carbocycles. The number of phenols is 1. The van der Waals surface area contributed by atoms with Crippen LogP contribution in [0.15, 0.2) is 85.1 Å². The van der Waals surface area contributed by atoms with Gasteiger partial charge in [-0.2, -0.15) is 0 Å². The molecule has 2 heterocycles. The first-order chi connectivity index (χ1) is 28.7. The fourth-order valence-corrected chi connectivity index (χ4v) is 9.80. The average Bonchev–Trinajstić information content (AvgIpc) is 3.71. The summed E-state index contributed by atoms with van der Waals surface area (Å²) in [4.78, 5) is 30.8. The number of Topliss-reactive ketones (excluding diaryl/α,β-unsaturated/α-hetero) is 1. The number of piperidine rings is 1. The van der Waals surface area contributed by atoms with Crippen molar-refractivity contribution in [1.29, 1.82) is 0 Å². The maximum atomic E-state index is 13.2. The lowest BCUT2D eigenvalue weighted by Gasteiger charge is -2.38. The Balaban J connectivity index is 1.06. The van der Waals surface area contributed by atoms with Crippen LogP contribution in [0.4, 0.5) is 5.82 Å². The standard InChI is InChI=1S/C51H66N4O4/c1-53-35-45(40-21-26-54-27-22-40)34-51(23-6-7-24-51)25-9-14-46(56)33-47(57)20-19-41-31-49(59-2)48(58)30-43(41)29-44-36-55-50(52)32-42(44)18-17-39-13-8-12-38(28-39)16-15-37-10-4-3-5-11-37/h3-5,8,10-13,19-20,28,30-32,36,40,45,53-54,58H,6-7,9,14-18,21-27,29,33-35H2,1-2H3,(H2,52,55)/b20-19+/t45-/m0/s1. The highest BCUT2D eigenvalue weighted by molar-refractivity contribution is 6.06. The number of rotatable bonds is 22. The van der Waals surface area contributed by atoms with E-state index in [1.807, 2.05) is 18.3 Å². The van der Waals surface area contributed by atoms with Crippen molar-refractivity contribution in [3.05, 3.63) is 124 Å². The van der Waals surface area contributed by atoms with Crippen LogP contribution >= 0.6 is 0 Å². The van der Waals surface area contributed by atoms with E-state index in [9.17, 15) is 14.7 Å². The molecule has 1 aliphatic heterocycles. The number of aromatic nitrogens is 1.